The van der Waals surface area contributed by atoms with Crippen molar-refractivity contribution in [2.24, 2.45) is 0 Å². The van der Waals surface area contributed by atoms with Gasteiger partial charge < -0.3 is 10.0 Å². The summed E-state index contributed by atoms with van der Waals surface area (Å²) in [6.07, 6.45) is 0.537. The Kier molecular flexibility index (Phi) is 6.14. The molecule has 7 heteroatoms. The highest BCUT2D eigenvalue weighted by molar-refractivity contribution is 5.31. The molecule has 0 bridgehead atoms. The van der Waals surface area contributed by atoms with Gasteiger partial charge in [0.05, 0.1) is 12.2 Å². The first kappa shape index (κ1) is 18.2. The Morgan fingerprint density at radius 2 is 1.62 bits per heavy atom. The molecule has 0 saturated heterocycles. The van der Waals surface area contributed by atoms with Gasteiger partial charge in [0.1, 0.15) is 0 Å². The summed E-state index contributed by atoms with van der Waals surface area (Å²) in [4.78, 5) is 10.4. The van der Waals surface area contributed by atoms with Crippen LogP contribution in [0.2, 0.25) is 0 Å². The van der Waals surface area contributed by atoms with Crippen LogP contribution in [0.25, 0.3) is 0 Å². The van der Waals surface area contributed by atoms with Gasteiger partial charge in [-0.05, 0) is 36.1 Å². The molecule has 24 heavy (non-hydrogen) atoms. The third-order valence-corrected chi connectivity index (χ3v) is 3.70. The van der Waals surface area contributed by atoms with E-state index in [0.29, 0.717) is 25.5 Å². The molecule has 2 aromatic rings. The lowest BCUT2D eigenvalue weighted by molar-refractivity contribution is -0.137. The van der Waals surface area contributed by atoms with Gasteiger partial charge in [-0.1, -0.05) is 19.1 Å². The van der Waals surface area contributed by atoms with Crippen LogP contribution in [0.1, 0.15) is 23.6 Å². The second kappa shape index (κ2) is 8.10. The van der Waals surface area contributed by atoms with Crippen LogP contribution in [0.15, 0.2) is 36.7 Å². The molecule has 0 aliphatic rings. The molecule has 0 atom stereocenters. The highest BCUT2D eigenvalue weighted by Crippen LogP contribution is 2.29. The fourth-order valence-electron chi connectivity index (χ4n) is 2.25. The third kappa shape index (κ3) is 4.92. The molecule has 1 N–H and O–H groups in total. The van der Waals surface area contributed by atoms with E-state index in [0.717, 1.165) is 29.7 Å². The number of halogens is 3. The van der Waals surface area contributed by atoms with E-state index in [-0.39, 0.29) is 6.61 Å². The van der Waals surface area contributed by atoms with E-state index in [9.17, 15) is 18.3 Å². The normalized spacial score (nSPS) is 11.5. The molecule has 0 unspecified atom stereocenters. The van der Waals surface area contributed by atoms with Crippen molar-refractivity contribution in [2.75, 3.05) is 24.6 Å². The fraction of sp³-hybridized carbons (Fsp3) is 0.412. The van der Waals surface area contributed by atoms with Crippen molar-refractivity contribution >= 4 is 5.95 Å². The number of alkyl halides is 3. The monoisotopic (exact) mass is 339 g/mol. The summed E-state index contributed by atoms with van der Waals surface area (Å²) in [6.45, 7) is 2.84. The van der Waals surface area contributed by atoms with E-state index in [1.807, 2.05) is 11.8 Å². The van der Waals surface area contributed by atoms with Crippen LogP contribution in [0.5, 0.6) is 0 Å². The fourth-order valence-corrected chi connectivity index (χ4v) is 2.25. The molecule has 0 aliphatic heterocycles. The summed E-state index contributed by atoms with van der Waals surface area (Å²) in [7, 11) is 0. The number of nitrogens with zero attached hydrogens (tertiary/aromatic N) is 3. The maximum absolute atomic E-state index is 12.6. The van der Waals surface area contributed by atoms with Crippen LogP contribution in [-0.4, -0.2) is 34.8 Å². The number of anilines is 1. The quantitative estimate of drug-likeness (QED) is 0.842. The maximum atomic E-state index is 12.6. The zero-order valence-corrected chi connectivity index (χ0v) is 13.4. The van der Waals surface area contributed by atoms with Crippen molar-refractivity contribution in [2.45, 2.75) is 25.9 Å². The second-order valence-electron chi connectivity index (χ2n) is 5.40. The Balaban J connectivity index is 2.02. The van der Waals surface area contributed by atoms with Gasteiger partial charge >= 0.3 is 6.18 Å². The summed E-state index contributed by atoms with van der Waals surface area (Å²) >= 11 is 0. The van der Waals surface area contributed by atoms with Crippen molar-refractivity contribution in [3.05, 3.63) is 53.3 Å². The number of rotatable bonds is 7. The van der Waals surface area contributed by atoms with E-state index in [2.05, 4.69) is 9.97 Å². The smallest absolute Gasteiger partial charge is 0.395 e. The summed E-state index contributed by atoms with van der Waals surface area (Å²) in [5.41, 5.74) is 1.15. The van der Waals surface area contributed by atoms with Crippen molar-refractivity contribution in [3.8, 4) is 0 Å². The van der Waals surface area contributed by atoms with Crippen molar-refractivity contribution in [3.63, 3.8) is 0 Å². The lowest BCUT2D eigenvalue weighted by Gasteiger charge is -2.21. The predicted octanol–water partition coefficient (Wildman–Crippen LogP) is 3.10. The number of aliphatic hydroxyl groups excluding tert-OH is 1. The molecule has 0 amide bonds. The van der Waals surface area contributed by atoms with Crippen LogP contribution >= 0.6 is 0 Å². The van der Waals surface area contributed by atoms with E-state index in [1.54, 1.807) is 12.4 Å². The van der Waals surface area contributed by atoms with Gasteiger partial charge in [-0.15, -0.1) is 0 Å². The predicted molar refractivity (Wildman–Crippen MR) is 85.9 cm³/mol. The zero-order chi connectivity index (χ0) is 17.6. The molecule has 1 aromatic heterocycles. The van der Waals surface area contributed by atoms with E-state index in [1.165, 1.54) is 12.1 Å². The molecule has 1 aromatic carbocycles. The van der Waals surface area contributed by atoms with E-state index in [4.69, 9.17) is 0 Å². The highest BCUT2D eigenvalue weighted by atomic mass is 19.4. The van der Waals surface area contributed by atoms with Crippen LogP contribution in [0.3, 0.4) is 0 Å². The molecule has 1 heterocycles. The Labute approximate surface area is 139 Å². The molecule has 2 rings (SSSR count). The van der Waals surface area contributed by atoms with Crippen LogP contribution in [-0.2, 0) is 19.0 Å². The topological polar surface area (TPSA) is 49.2 Å². The standard InChI is InChI=1S/C17H20F3N3O/c1-2-13-11-21-16(22-12-13)23(9-10-24)8-7-14-3-5-15(6-4-14)17(18,19)20/h3-6,11-12,24H,2,7-10H2,1H3. The average molecular weight is 339 g/mol. The molecular formula is C17H20F3N3O. The molecule has 130 valence electrons. The zero-order valence-electron chi connectivity index (χ0n) is 13.4. The first-order valence-electron chi connectivity index (χ1n) is 7.77. The summed E-state index contributed by atoms with van der Waals surface area (Å²) in [5.74, 6) is 0.508. The Bertz CT molecular complexity index is 627. The van der Waals surface area contributed by atoms with Gasteiger partial charge in [0.2, 0.25) is 5.95 Å². The minimum Gasteiger partial charge on any atom is -0.395 e. The van der Waals surface area contributed by atoms with Crippen LogP contribution < -0.4 is 4.90 Å². The number of hydrogen-bond donors (Lipinski definition) is 1. The first-order valence-corrected chi connectivity index (χ1v) is 7.77. The molecule has 4 nitrogen and oxygen atoms in total. The van der Waals surface area contributed by atoms with Gasteiger partial charge in [-0.3, -0.25) is 0 Å². The van der Waals surface area contributed by atoms with Crippen LogP contribution in [0.4, 0.5) is 19.1 Å². The number of aryl methyl sites for hydroxylation is 1. The Morgan fingerprint density at radius 1 is 1.00 bits per heavy atom. The largest absolute Gasteiger partial charge is 0.416 e. The average Bonchev–Trinajstić information content (AvgIpc) is 2.58. The number of hydrogen-bond acceptors (Lipinski definition) is 4. The lowest BCUT2D eigenvalue weighted by Crippen LogP contribution is -2.30. The lowest BCUT2D eigenvalue weighted by atomic mass is 10.1. The van der Waals surface area contributed by atoms with Gasteiger partial charge in [-0.2, -0.15) is 13.2 Å². The minimum atomic E-state index is -4.32. The Hall–Kier alpha value is -2.15. The third-order valence-electron chi connectivity index (χ3n) is 3.70. The van der Waals surface area contributed by atoms with Gasteiger partial charge in [0, 0.05) is 25.5 Å². The van der Waals surface area contributed by atoms with Gasteiger partial charge in [0.15, 0.2) is 0 Å². The van der Waals surface area contributed by atoms with E-state index >= 15 is 0 Å². The maximum Gasteiger partial charge on any atom is 0.416 e. The second-order valence-corrected chi connectivity index (χ2v) is 5.40. The van der Waals surface area contributed by atoms with Gasteiger partial charge in [-0.25, -0.2) is 9.97 Å². The molecule has 0 radical (unpaired) electrons. The van der Waals surface area contributed by atoms with Crippen molar-refractivity contribution in [1.29, 1.82) is 0 Å². The van der Waals surface area contributed by atoms with Crippen molar-refractivity contribution in [1.82, 2.24) is 9.97 Å². The number of aliphatic hydroxyl groups is 1. The summed E-state index contributed by atoms with van der Waals surface area (Å²) in [6, 6.07) is 5.11. The molecule has 0 fully saturated rings. The summed E-state index contributed by atoms with van der Waals surface area (Å²) < 4.78 is 37.7. The molecule has 0 saturated carbocycles. The van der Waals surface area contributed by atoms with Gasteiger partial charge in [0.25, 0.3) is 0 Å². The molecular weight excluding hydrogens is 319 g/mol. The summed E-state index contributed by atoms with van der Waals surface area (Å²) in [5, 5.41) is 9.20. The first-order chi connectivity index (χ1) is 11.4. The minimum absolute atomic E-state index is 0.0497. The SMILES string of the molecule is CCc1cnc(N(CCO)CCc2ccc(C(F)(F)F)cc2)nc1. The molecule has 0 aliphatic carbocycles. The number of aromatic nitrogens is 2. The highest BCUT2D eigenvalue weighted by Gasteiger charge is 2.29. The molecule has 0 spiro atoms. The van der Waals surface area contributed by atoms with E-state index < -0.39 is 11.7 Å². The Morgan fingerprint density at radius 3 is 2.12 bits per heavy atom. The van der Waals surface area contributed by atoms with Crippen molar-refractivity contribution < 1.29 is 18.3 Å². The van der Waals surface area contributed by atoms with Crippen LogP contribution in [0, 0.1) is 0 Å². The number of benzene rings is 1.